The molecule has 0 aliphatic carbocycles. The van der Waals surface area contributed by atoms with Gasteiger partial charge < -0.3 is 14.7 Å². The molecule has 0 bridgehead atoms. The minimum atomic E-state index is -0.720. The van der Waals surface area contributed by atoms with Crippen LogP contribution < -0.4 is 4.90 Å². The van der Waals surface area contributed by atoms with Crippen LogP contribution in [0.15, 0.2) is 18.2 Å². The molecule has 1 atom stereocenters. The van der Waals surface area contributed by atoms with Crippen LogP contribution in [0.5, 0.6) is 0 Å². The molecule has 0 spiro atoms. The van der Waals surface area contributed by atoms with Crippen molar-refractivity contribution in [3.63, 3.8) is 0 Å². The number of likely N-dealkylation sites (N-methyl/N-ethyl adjacent to an activating group) is 1. The Balaban J connectivity index is 2.67. The molecular formula is C14H21NO3. The van der Waals surface area contributed by atoms with Gasteiger partial charge in [0.2, 0.25) is 0 Å². The molecule has 1 rings (SSSR count). The number of hydrogen-bond donors (Lipinski definition) is 1. The zero-order valence-electron chi connectivity index (χ0n) is 11.4. The SMILES string of the molecule is COC(=O)CC(O)CN(C)c1cc(C)ccc1C. The number of aliphatic hydroxyl groups is 1. The van der Waals surface area contributed by atoms with Gasteiger partial charge in [0.15, 0.2) is 0 Å². The number of esters is 1. The zero-order chi connectivity index (χ0) is 13.7. The third-order valence-corrected chi connectivity index (χ3v) is 2.89. The smallest absolute Gasteiger partial charge is 0.308 e. The first-order valence-electron chi connectivity index (χ1n) is 5.97. The fraction of sp³-hybridized carbons (Fsp3) is 0.500. The van der Waals surface area contributed by atoms with Crippen molar-refractivity contribution < 1.29 is 14.6 Å². The number of ether oxygens (including phenoxy) is 1. The van der Waals surface area contributed by atoms with Crippen LogP contribution in [-0.4, -0.2) is 37.9 Å². The van der Waals surface area contributed by atoms with Crippen molar-refractivity contribution in [1.29, 1.82) is 0 Å². The van der Waals surface area contributed by atoms with E-state index < -0.39 is 12.1 Å². The standard InChI is InChI=1S/C14H21NO3/c1-10-5-6-11(2)13(7-10)15(3)9-12(16)8-14(17)18-4/h5-7,12,16H,8-9H2,1-4H3. The average Bonchev–Trinajstić information content (AvgIpc) is 2.31. The molecule has 100 valence electrons. The van der Waals surface area contributed by atoms with Gasteiger partial charge in [-0.05, 0) is 31.0 Å². The monoisotopic (exact) mass is 251 g/mol. The number of aliphatic hydroxyl groups excluding tert-OH is 1. The molecule has 1 N–H and O–H groups in total. The van der Waals surface area contributed by atoms with Gasteiger partial charge in [0, 0.05) is 19.3 Å². The Morgan fingerprint density at radius 2 is 2.11 bits per heavy atom. The van der Waals surface area contributed by atoms with E-state index in [0.29, 0.717) is 6.54 Å². The van der Waals surface area contributed by atoms with Crippen LogP contribution in [-0.2, 0) is 9.53 Å². The average molecular weight is 251 g/mol. The van der Waals surface area contributed by atoms with E-state index >= 15 is 0 Å². The van der Waals surface area contributed by atoms with Gasteiger partial charge in [0.05, 0.1) is 19.6 Å². The summed E-state index contributed by atoms with van der Waals surface area (Å²) in [5.41, 5.74) is 3.39. The third-order valence-electron chi connectivity index (χ3n) is 2.89. The van der Waals surface area contributed by atoms with Crippen molar-refractivity contribution in [3.8, 4) is 0 Å². The molecule has 0 heterocycles. The van der Waals surface area contributed by atoms with Crippen molar-refractivity contribution >= 4 is 11.7 Å². The molecule has 1 unspecified atom stereocenters. The van der Waals surface area contributed by atoms with Crippen molar-refractivity contribution in [2.75, 3.05) is 25.6 Å². The Hall–Kier alpha value is -1.55. The van der Waals surface area contributed by atoms with Crippen molar-refractivity contribution in [3.05, 3.63) is 29.3 Å². The van der Waals surface area contributed by atoms with Gasteiger partial charge in [-0.3, -0.25) is 4.79 Å². The van der Waals surface area contributed by atoms with Crippen LogP contribution in [0.4, 0.5) is 5.69 Å². The van der Waals surface area contributed by atoms with Gasteiger partial charge in [-0.1, -0.05) is 12.1 Å². The molecule has 1 aromatic carbocycles. The number of methoxy groups -OCH3 is 1. The molecule has 0 radical (unpaired) electrons. The highest BCUT2D eigenvalue weighted by Crippen LogP contribution is 2.20. The Morgan fingerprint density at radius 3 is 2.72 bits per heavy atom. The van der Waals surface area contributed by atoms with Gasteiger partial charge in [0.1, 0.15) is 0 Å². The number of rotatable bonds is 5. The highest BCUT2D eigenvalue weighted by molar-refractivity contribution is 5.69. The molecule has 0 saturated heterocycles. The summed E-state index contributed by atoms with van der Waals surface area (Å²) < 4.78 is 4.53. The summed E-state index contributed by atoms with van der Waals surface area (Å²) in [5.74, 6) is -0.392. The van der Waals surface area contributed by atoms with Gasteiger partial charge in [-0.25, -0.2) is 0 Å². The molecule has 4 heteroatoms. The van der Waals surface area contributed by atoms with E-state index in [1.54, 1.807) is 0 Å². The summed E-state index contributed by atoms with van der Waals surface area (Å²) in [6.07, 6.45) is -0.700. The summed E-state index contributed by atoms with van der Waals surface area (Å²) in [5, 5.41) is 9.80. The maximum Gasteiger partial charge on any atom is 0.308 e. The number of carbonyl (C=O) groups excluding carboxylic acids is 1. The molecule has 0 aliphatic rings. The van der Waals surface area contributed by atoms with Crippen LogP contribution in [0, 0.1) is 13.8 Å². The van der Waals surface area contributed by atoms with E-state index in [1.807, 2.05) is 31.9 Å². The first kappa shape index (κ1) is 14.5. The lowest BCUT2D eigenvalue weighted by molar-refractivity contribution is -0.142. The maximum absolute atomic E-state index is 11.1. The van der Waals surface area contributed by atoms with Crippen molar-refractivity contribution in [1.82, 2.24) is 0 Å². The van der Waals surface area contributed by atoms with E-state index in [2.05, 4.69) is 16.9 Å². The number of nitrogens with zero attached hydrogens (tertiary/aromatic N) is 1. The number of benzene rings is 1. The summed E-state index contributed by atoms with van der Waals surface area (Å²) in [4.78, 5) is 13.0. The summed E-state index contributed by atoms with van der Waals surface area (Å²) in [6, 6.07) is 6.17. The largest absolute Gasteiger partial charge is 0.469 e. The number of anilines is 1. The number of carbonyl (C=O) groups is 1. The molecular weight excluding hydrogens is 230 g/mol. The normalized spacial score (nSPS) is 12.1. The molecule has 0 aromatic heterocycles. The fourth-order valence-corrected chi connectivity index (χ4v) is 1.89. The van der Waals surface area contributed by atoms with E-state index in [-0.39, 0.29) is 6.42 Å². The van der Waals surface area contributed by atoms with Crippen LogP contribution in [0.1, 0.15) is 17.5 Å². The van der Waals surface area contributed by atoms with E-state index in [4.69, 9.17) is 0 Å². The lowest BCUT2D eigenvalue weighted by atomic mass is 10.1. The zero-order valence-corrected chi connectivity index (χ0v) is 11.4. The molecule has 0 saturated carbocycles. The Labute approximate surface area is 108 Å². The second-order valence-electron chi connectivity index (χ2n) is 4.60. The fourth-order valence-electron chi connectivity index (χ4n) is 1.89. The van der Waals surface area contributed by atoms with Crippen molar-refractivity contribution in [2.24, 2.45) is 0 Å². The maximum atomic E-state index is 11.1. The predicted octanol–water partition coefficient (Wildman–Crippen LogP) is 1.66. The first-order chi connectivity index (χ1) is 8.43. The summed E-state index contributed by atoms with van der Waals surface area (Å²) in [7, 11) is 3.23. The van der Waals surface area contributed by atoms with Gasteiger partial charge in [-0.15, -0.1) is 0 Å². The second kappa shape index (κ2) is 6.40. The van der Waals surface area contributed by atoms with Crippen LogP contribution in [0.3, 0.4) is 0 Å². The van der Waals surface area contributed by atoms with E-state index in [1.165, 1.54) is 12.7 Å². The van der Waals surface area contributed by atoms with Gasteiger partial charge >= 0.3 is 5.97 Å². The van der Waals surface area contributed by atoms with Crippen LogP contribution >= 0.6 is 0 Å². The predicted molar refractivity (Wildman–Crippen MR) is 71.8 cm³/mol. The first-order valence-corrected chi connectivity index (χ1v) is 5.97. The molecule has 4 nitrogen and oxygen atoms in total. The van der Waals surface area contributed by atoms with Gasteiger partial charge in [0.25, 0.3) is 0 Å². The summed E-state index contributed by atoms with van der Waals surface area (Å²) in [6.45, 7) is 4.46. The Morgan fingerprint density at radius 1 is 1.44 bits per heavy atom. The van der Waals surface area contributed by atoms with Crippen LogP contribution in [0.2, 0.25) is 0 Å². The molecule has 18 heavy (non-hydrogen) atoms. The topological polar surface area (TPSA) is 49.8 Å². The third kappa shape index (κ3) is 4.04. The lowest BCUT2D eigenvalue weighted by Crippen LogP contribution is -2.31. The van der Waals surface area contributed by atoms with E-state index in [9.17, 15) is 9.90 Å². The van der Waals surface area contributed by atoms with Crippen LogP contribution in [0.25, 0.3) is 0 Å². The quantitative estimate of drug-likeness (QED) is 0.809. The molecule has 1 aromatic rings. The lowest BCUT2D eigenvalue weighted by Gasteiger charge is -2.24. The van der Waals surface area contributed by atoms with Crippen molar-refractivity contribution in [2.45, 2.75) is 26.4 Å². The minimum absolute atomic E-state index is 0.0195. The van der Waals surface area contributed by atoms with E-state index in [0.717, 1.165) is 11.3 Å². The second-order valence-corrected chi connectivity index (χ2v) is 4.60. The summed E-state index contributed by atoms with van der Waals surface area (Å²) >= 11 is 0. The number of hydrogen-bond acceptors (Lipinski definition) is 4. The van der Waals surface area contributed by atoms with Gasteiger partial charge in [-0.2, -0.15) is 0 Å². The molecule has 0 fully saturated rings. The minimum Gasteiger partial charge on any atom is -0.469 e. The molecule has 0 aliphatic heterocycles. The number of aryl methyl sites for hydroxylation is 2. The molecule has 0 amide bonds. The highest BCUT2D eigenvalue weighted by Gasteiger charge is 2.14. The Bertz CT molecular complexity index is 418. The highest BCUT2D eigenvalue weighted by atomic mass is 16.5. The Kier molecular flexibility index (Phi) is 5.16.